The van der Waals surface area contributed by atoms with E-state index in [-0.39, 0.29) is 30.5 Å². The fourth-order valence-electron chi connectivity index (χ4n) is 2.99. The van der Waals surface area contributed by atoms with Crippen molar-refractivity contribution in [2.45, 2.75) is 32.1 Å². The summed E-state index contributed by atoms with van der Waals surface area (Å²) in [7, 11) is 1.30. The number of halogens is 1. The zero-order chi connectivity index (χ0) is 18.9. The lowest BCUT2D eigenvalue weighted by Gasteiger charge is -2.22. The lowest BCUT2D eigenvalue weighted by Crippen LogP contribution is -2.37. The summed E-state index contributed by atoms with van der Waals surface area (Å²) in [5, 5.41) is 0. The molecule has 2 amide bonds. The molecule has 1 aliphatic heterocycles. The number of carbonyl (C=O) groups is 3. The highest BCUT2D eigenvalue weighted by Crippen LogP contribution is 2.11. The third kappa shape index (κ3) is 6.13. The van der Waals surface area contributed by atoms with Gasteiger partial charge in [0, 0.05) is 39.0 Å². The van der Waals surface area contributed by atoms with Gasteiger partial charge in [-0.1, -0.05) is 12.1 Å². The monoisotopic (exact) mass is 364 g/mol. The van der Waals surface area contributed by atoms with Crippen LogP contribution in [0.25, 0.3) is 0 Å². The zero-order valence-corrected chi connectivity index (χ0v) is 15.1. The zero-order valence-electron chi connectivity index (χ0n) is 15.1. The van der Waals surface area contributed by atoms with Gasteiger partial charge in [-0.2, -0.15) is 0 Å². The standard InChI is InChI=1S/C19H25FN2O4/c1-26-19(25)9-8-18(24)22-11-3-10-21(12-13-22)17(23)7-6-15-4-2-5-16(20)14-15/h2,4-5,14H,3,6-13H2,1H3. The van der Waals surface area contributed by atoms with E-state index in [4.69, 9.17) is 0 Å². The van der Waals surface area contributed by atoms with Crippen molar-refractivity contribution < 1.29 is 23.5 Å². The molecule has 1 aromatic rings. The number of benzene rings is 1. The van der Waals surface area contributed by atoms with Gasteiger partial charge in [-0.15, -0.1) is 0 Å². The second kappa shape index (κ2) is 9.89. The molecule has 7 heteroatoms. The smallest absolute Gasteiger partial charge is 0.306 e. The predicted octanol–water partition coefficient (Wildman–Crippen LogP) is 1.77. The molecular weight excluding hydrogens is 339 g/mol. The molecule has 6 nitrogen and oxygen atoms in total. The van der Waals surface area contributed by atoms with Crippen LogP contribution >= 0.6 is 0 Å². The molecule has 0 bridgehead atoms. The highest BCUT2D eigenvalue weighted by Gasteiger charge is 2.22. The van der Waals surface area contributed by atoms with Crippen molar-refractivity contribution in [1.29, 1.82) is 0 Å². The Morgan fingerprint density at radius 2 is 1.65 bits per heavy atom. The molecule has 0 radical (unpaired) electrons. The fraction of sp³-hybridized carbons (Fsp3) is 0.526. The number of amides is 2. The van der Waals surface area contributed by atoms with Crippen molar-refractivity contribution in [3.8, 4) is 0 Å². The Morgan fingerprint density at radius 1 is 1.00 bits per heavy atom. The molecular formula is C19H25FN2O4. The minimum absolute atomic E-state index is 0.0121. The van der Waals surface area contributed by atoms with E-state index in [2.05, 4.69) is 4.74 Å². The van der Waals surface area contributed by atoms with Crippen LogP contribution in [0.4, 0.5) is 4.39 Å². The molecule has 1 aromatic carbocycles. The molecule has 142 valence electrons. The van der Waals surface area contributed by atoms with Gasteiger partial charge in [-0.3, -0.25) is 14.4 Å². The van der Waals surface area contributed by atoms with Crippen molar-refractivity contribution in [2.24, 2.45) is 0 Å². The topological polar surface area (TPSA) is 66.9 Å². The van der Waals surface area contributed by atoms with Gasteiger partial charge in [0.2, 0.25) is 11.8 Å². The Kier molecular flexibility index (Phi) is 7.56. The molecule has 0 aromatic heterocycles. The maximum absolute atomic E-state index is 13.2. The van der Waals surface area contributed by atoms with Crippen LogP contribution < -0.4 is 0 Å². The first-order chi connectivity index (χ1) is 12.5. The van der Waals surface area contributed by atoms with Crippen molar-refractivity contribution in [3.05, 3.63) is 35.6 Å². The van der Waals surface area contributed by atoms with Gasteiger partial charge >= 0.3 is 5.97 Å². The van der Waals surface area contributed by atoms with Crippen LogP contribution in [0.3, 0.4) is 0 Å². The largest absolute Gasteiger partial charge is 0.469 e. The van der Waals surface area contributed by atoms with Gasteiger partial charge in [0.25, 0.3) is 0 Å². The van der Waals surface area contributed by atoms with Crippen LogP contribution in [0.1, 0.15) is 31.2 Å². The van der Waals surface area contributed by atoms with Crippen LogP contribution in [0.2, 0.25) is 0 Å². The number of hydrogen-bond acceptors (Lipinski definition) is 4. The molecule has 0 spiro atoms. The Balaban J connectivity index is 1.78. The number of rotatable bonds is 6. The van der Waals surface area contributed by atoms with Crippen molar-refractivity contribution >= 4 is 17.8 Å². The average molecular weight is 364 g/mol. The van der Waals surface area contributed by atoms with E-state index in [1.807, 2.05) is 0 Å². The van der Waals surface area contributed by atoms with Gasteiger partial charge in [-0.25, -0.2) is 4.39 Å². The van der Waals surface area contributed by atoms with E-state index in [1.165, 1.54) is 19.2 Å². The minimum Gasteiger partial charge on any atom is -0.469 e. The van der Waals surface area contributed by atoms with E-state index in [0.29, 0.717) is 45.4 Å². The highest BCUT2D eigenvalue weighted by molar-refractivity contribution is 5.81. The molecule has 0 saturated carbocycles. The summed E-state index contributed by atoms with van der Waals surface area (Å²) in [6.45, 7) is 2.12. The summed E-state index contributed by atoms with van der Waals surface area (Å²) in [4.78, 5) is 39.2. The normalized spacial score (nSPS) is 14.7. The number of nitrogens with zero attached hydrogens (tertiary/aromatic N) is 2. The molecule has 1 aliphatic rings. The number of methoxy groups -OCH3 is 1. The van der Waals surface area contributed by atoms with Gasteiger partial charge in [0.15, 0.2) is 0 Å². The summed E-state index contributed by atoms with van der Waals surface area (Å²) in [5.74, 6) is -0.782. The summed E-state index contributed by atoms with van der Waals surface area (Å²) < 4.78 is 17.7. The van der Waals surface area contributed by atoms with Crippen LogP contribution in [-0.4, -0.2) is 60.9 Å². The molecule has 1 saturated heterocycles. The maximum Gasteiger partial charge on any atom is 0.306 e. The minimum atomic E-state index is -0.401. The quantitative estimate of drug-likeness (QED) is 0.722. The summed E-state index contributed by atoms with van der Waals surface area (Å²) in [6, 6.07) is 6.27. The van der Waals surface area contributed by atoms with Crippen LogP contribution in [-0.2, 0) is 25.5 Å². The van der Waals surface area contributed by atoms with Gasteiger partial charge < -0.3 is 14.5 Å². The first-order valence-electron chi connectivity index (χ1n) is 8.86. The Bertz CT molecular complexity index is 650. The number of hydrogen-bond donors (Lipinski definition) is 0. The predicted molar refractivity (Wildman–Crippen MR) is 93.7 cm³/mol. The lowest BCUT2D eigenvalue weighted by atomic mass is 10.1. The van der Waals surface area contributed by atoms with E-state index in [9.17, 15) is 18.8 Å². The summed E-state index contributed by atoms with van der Waals surface area (Å²) in [6.07, 6.45) is 1.71. The SMILES string of the molecule is COC(=O)CCC(=O)N1CCCN(C(=O)CCc2cccc(F)c2)CC1. The van der Waals surface area contributed by atoms with Gasteiger partial charge in [0.1, 0.15) is 5.82 Å². The van der Waals surface area contributed by atoms with Crippen LogP contribution in [0.5, 0.6) is 0 Å². The molecule has 0 unspecified atom stereocenters. The number of esters is 1. The van der Waals surface area contributed by atoms with E-state index >= 15 is 0 Å². The Labute approximate surface area is 152 Å². The van der Waals surface area contributed by atoms with E-state index in [0.717, 1.165) is 5.56 Å². The molecule has 1 heterocycles. The second-order valence-corrected chi connectivity index (χ2v) is 6.32. The lowest BCUT2D eigenvalue weighted by molar-refractivity contribution is -0.143. The van der Waals surface area contributed by atoms with Crippen LogP contribution in [0, 0.1) is 5.82 Å². The first kappa shape index (κ1) is 19.9. The molecule has 2 rings (SSSR count). The summed E-state index contributed by atoms with van der Waals surface area (Å²) >= 11 is 0. The van der Waals surface area contributed by atoms with E-state index in [1.54, 1.807) is 21.9 Å². The van der Waals surface area contributed by atoms with Crippen molar-refractivity contribution in [1.82, 2.24) is 9.80 Å². The third-order valence-corrected chi connectivity index (χ3v) is 4.49. The van der Waals surface area contributed by atoms with Crippen LogP contribution in [0.15, 0.2) is 24.3 Å². The number of ether oxygens (including phenoxy) is 1. The van der Waals surface area contributed by atoms with Gasteiger partial charge in [0.05, 0.1) is 13.5 Å². The second-order valence-electron chi connectivity index (χ2n) is 6.32. The molecule has 0 atom stereocenters. The molecule has 1 fully saturated rings. The summed E-state index contributed by atoms with van der Waals surface area (Å²) in [5.41, 5.74) is 0.799. The molecule has 26 heavy (non-hydrogen) atoms. The van der Waals surface area contributed by atoms with E-state index < -0.39 is 5.97 Å². The molecule has 0 N–H and O–H groups in total. The fourth-order valence-corrected chi connectivity index (χ4v) is 2.99. The highest BCUT2D eigenvalue weighted by atomic mass is 19.1. The first-order valence-corrected chi connectivity index (χ1v) is 8.86. The average Bonchev–Trinajstić information content (AvgIpc) is 2.90. The third-order valence-electron chi connectivity index (χ3n) is 4.49. The maximum atomic E-state index is 13.2. The molecule has 0 aliphatic carbocycles. The number of aryl methyl sites for hydroxylation is 1. The van der Waals surface area contributed by atoms with Crippen molar-refractivity contribution in [2.75, 3.05) is 33.3 Å². The van der Waals surface area contributed by atoms with Gasteiger partial charge in [-0.05, 0) is 30.5 Å². The Hall–Kier alpha value is -2.44. The van der Waals surface area contributed by atoms with Crippen molar-refractivity contribution in [3.63, 3.8) is 0 Å². The Morgan fingerprint density at radius 3 is 2.27 bits per heavy atom. The number of carbonyl (C=O) groups excluding carboxylic acids is 3.